The Balaban J connectivity index is 1.54. The Bertz CT molecular complexity index is 713. The lowest BCUT2D eigenvalue weighted by Crippen LogP contribution is -2.37. The fourth-order valence-electron chi connectivity index (χ4n) is 3.11. The van der Waals surface area contributed by atoms with Gasteiger partial charge in [0.05, 0.1) is 19.0 Å². The van der Waals surface area contributed by atoms with Gasteiger partial charge in [0.1, 0.15) is 0 Å². The zero-order chi connectivity index (χ0) is 18.2. The van der Waals surface area contributed by atoms with E-state index in [0.29, 0.717) is 28.5 Å². The maximum Gasteiger partial charge on any atom is 0.219 e. The average Bonchev–Trinajstić information content (AvgIpc) is 2.92. The topological polar surface area (TPSA) is 55.4 Å². The van der Waals surface area contributed by atoms with Gasteiger partial charge in [-0.1, -0.05) is 37.8 Å². The van der Waals surface area contributed by atoms with Crippen molar-refractivity contribution in [3.8, 4) is 17.4 Å². The largest absolute Gasteiger partial charge is 0.493 e. The van der Waals surface area contributed by atoms with Crippen LogP contribution in [0.5, 0.6) is 17.4 Å². The third-order valence-electron chi connectivity index (χ3n) is 4.47. The third-order valence-corrected chi connectivity index (χ3v) is 4.69. The molecule has 0 spiro atoms. The first-order valence-corrected chi connectivity index (χ1v) is 9.50. The summed E-state index contributed by atoms with van der Waals surface area (Å²) >= 11 is 5.43. The second kappa shape index (κ2) is 9.38. The van der Waals surface area contributed by atoms with E-state index in [-0.39, 0.29) is 0 Å². The van der Waals surface area contributed by atoms with Gasteiger partial charge in [-0.15, -0.1) is 0 Å². The van der Waals surface area contributed by atoms with Crippen LogP contribution in [0.25, 0.3) is 0 Å². The molecular weight excluding hydrogens is 346 g/mol. The van der Waals surface area contributed by atoms with E-state index in [0.717, 1.165) is 5.69 Å². The Morgan fingerprint density at radius 2 is 1.77 bits per heavy atom. The molecule has 1 saturated carbocycles. The van der Waals surface area contributed by atoms with Crippen LogP contribution in [0, 0.1) is 0 Å². The van der Waals surface area contributed by atoms with Crippen molar-refractivity contribution in [2.75, 3.05) is 12.4 Å². The molecule has 0 aliphatic heterocycles. The summed E-state index contributed by atoms with van der Waals surface area (Å²) in [7, 11) is 1.62. The zero-order valence-corrected chi connectivity index (χ0v) is 15.8. The van der Waals surface area contributed by atoms with Crippen LogP contribution in [0.15, 0.2) is 42.6 Å². The number of hydrogen-bond donors (Lipinski definition) is 2. The minimum Gasteiger partial charge on any atom is -0.493 e. The van der Waals surface area contributed by atoms with E-state index in [1.807, 2.05) is 36.4 Å². The molecule has 1 fully saturated rings. The van der Waals surface area contributed by atoms with E-state index in [2.05, 4.69) is 15.6 Å². The van der Waals surface area contributed by atoms with Crippen molar-refractivity contribution in [3.05, 3.63) is 42.6 Å². The van der Waals surface area contributed by atoms with E-state index in [1.54, 1.807) is 13.3 Å². The van der Waals surface area contributed by atoms with Gasteiger partial charge in [-0.25, -0.2) is 4.98 Å². The van der Waals surface area contributed by atoms with Gasteiger partial charge < -0.3 is 20.1 Å². The Labute approximate surface area is 160 Å². The molecule has 6 heteroatoms. The number of hydrogen-bond acceptors (Lipinski definition) is 4. The number of para-hydroxylation sites is 2. The molecule has 26 heavy (non-hydrogen) atoms. The van der Waals surface area contributed by atoms with Crippen molar-refractivity contribution in [3.63, 3.8) is 0 Å². The van der Waals surface area contributed by atoms with Crippen LogP contribution in [-0.2, 0) is 0 Å². The maximum absolute atomic E-state index is 5.78. The first-order chi connectivity index (χ1) is 12.7. The van der Waals surface area contributed by atoms with Crippen molar-refractivity contribution in [2.45, 2.75) is 44.6 Å². The molecule has 0 unspecified atom stereocenters. The van der Waals surface area contributed by atoms with Gasteiger partial charge in [0.2, 0.25) is 5.88 Å². The predicted octanol–water partition coefficient (Wildman–Crippen LogP) is 4.89. The number of anilines is 1. The average molecular weight is 372 g/mol. The lowest BCUT2D eigenvalue weighted by molar-refractivity contribution is 0.374. The van der Waals surface area contributed by atoms with Crippen molar-refractivity contribution >= 4 is 23.0 Å². The predicted molar refractivity (Wildman–Crippen MR) is 108 cm³/mol. The molecule has 3 rings (SSSR count). The summed E-state index contributed by atoms with van der Waals surface area (Å²) in [6, 6.07) is 11.7. The number of nitrogens with zero attached hydrogens (tertiary/aromatic N) is 1. The number of rotatable bonds is 5. The van der Waals surface area contributed by atoms with E-state index < -0.39 is 0 Å². The molecule has 1 aliphatic rings. The molecule has 138 valence electrons. The standard InChI is InChI=1S/C20H25N3O2S/c1-24-17-10-6-7-11-18(17)25-19-13-12-16(14-21-19)23-20(26)22-15-8-4-2-3-5-9-15/h6-7,10-15H,2-5,8-9H2,1H3,(H2,22,23,26). The Morgan fingerprint density at radius 1 is 1.04 bits per heavy atom. The van der Waals surface area contributed by atoms with E-state index >= 15 is 0 Å². The smallest absolute Gasteiger partial charge is 0.219 e. The highest BCUT2D eigenvalue weighted by Crippen LogP contribution is 2.30. The normalized spacial score (nSPS) is 15.0. The molecule has 1 aromatic carbocycles. The lowest BCUT2D eigenvalue weighted by Gasteiger charge is -2.19. The van der Waals surface area contributed by atoms with Gasteiger partial charge >= 0.3 is 0 Å². The molecule has 0 saturated heterocycles. The summed E-state index contributed by atoms with van der Waals surface area (Å²) in [5.41, 5.74) is 0.837. The summed E-state index contributed by atoms with van der Waals surface area (Å²) in [6.07, 6.45) is 9.29. The minimum absolute atomic E-state index is 0.471. The second-order valence-electron chi connectivity index (χ2n) is 6.42. The SMILES string of the molecule is COc1ccccc1Oc1ccc(NC(=S)NC2CCCCCC2)cn1. The lowest BCUT2D eigenvalue weighted by atomic mass is 10.1. The molecule has 2 N–H and O–H groups in total. The highest BCUT2D eigenvalue weighted by molar-refractivity contribution is 7.80. The van der Waals surface area contributed by atoms with Crippen molar-refractivity contribution in [1.82, 2.24) is 10.3 Å². The summed E-state index contributed by atoms with van der Waals surface area (Å²) in [6.45, 7) is 0. The number of benzene rings is 1. The van der Waals surface area contributed by atoms with Crippen LogP contribution < -0.4 is 20.1 Å². The van der Waals surface area contributed by atoms with Crippen LogP contribution in [0.4, 0.5) is 5.69 Å². The van der Waals surface area contributed by atoms with Gasteiger partial charge in [-0.2, -0.15) is 0 Å². The molecule has 5 nitrogen and oxygen atoms in total. The number of ether oxygens (including phenoxy) is 2. The fraction of sp³-hybridized carbons (Fsp3) is 0.400. The van der Waals surface area contributed by atoms with E-state index in [9.17, 15) is 0 Å². The van der Waals surface area contributed by atoms with Crippen molar-refractivity contribution in [2.24, 2.45) is 0 Å². The molecule has 0 bridgehead atoms. The summed E-state index contributed by atoms with van der Waals surface area (Å²) < 4.78 is 11.1. The van der Waals surface area contributed by atoms with Gasteiger partial charge in [-0.3, -0.25) is 0 Å². The van der Waals surface area contributed by atoms with Gasteiger partial charge in [0.25, 0.3) is 0 Å². The monoisotopic (exact) mass is 371 g/mol. The van der Waals surface area contributed by atoms with Crippen molar-refractivity contribution in [1.29, 1.82) is 0 Å². The highest BCUT2D eigenvalue weighted by atomic mass is 32.1. The van der Waals surface area contributed by atoms with E-state index in [4.69, 9.17) is 21.7 Å². The first kappa shape index (κ1) is 18.5. The van der Waals surface area contributed by atoms with Gasteiger partial charge in [0.15, 0.2) is 16.6 Å². The molecule has 1 heterocycles. The zero-order valence-electron chi connectivity index (χ0n) is 15.0. The van der Waals surface area contributed by atoms with Crippen LogP contribution in [0.3, 0.4) is 0 Å². The molecule has 0 radical (unpaired) electrons. The summed E-state index contributed by atoms with van der Waals surface area (Å²) in [5.74, 6) is 1.81. The van der Waals surface area contributed by atoms with Crippen LogP contribution >= 0.6 is 12.2 Å². The first-order valence-electron chi connectivity index (χ1n) is 9.09. The number of methoxy groups -OCH3 is 1. The Kier molecular flexibility index (Phi) is 6.66. The highest BCUT2D eigenvalue weighted by Gasteiger charge is 2.13. The van der Waals surface area contributed by atoms with Gasteiger partial charge in [0, 0.05) is 12.1 Å². The van der Waals surface area contributed by atoms with E-state index in [1.165, 1.54) is 38.5 Å². The van der Waals surface area contributed by atoms with Crippen LogP contribution in [0.1, 0.15) is 38.5 Å². The maximum atomic E-state index is 5.78. The Morgan fingerprint density at radius 3 is 2.42 bits per heavy atom. The molecule has 2 aromatic rings. The number of aromatic nitrogens is 1. The fourth-order valence-corrected chi connectivity index (χ4v) is 3.39. The third kappa shape index (κ3) is 5.33. The molecule has 1 aromatic heterocycles. The van der Waals surface area contributed by atoms with Gasteiger partial charge in [-0.05, 0) is 43.3 Å². The number of thiocarbonyl (C=S) groups is 1. The number of nitrogens with one attached hydrogen (secondary N) is 2. The minimum atomic E-state index is 0.471. The second-order valence-corrected chi connectivity index (χ2v) is 6.83. The molecule has 1 aliphatic carbocycles. The Hall–Kier alpha value is -2.34. The summed E-state index contributed by atoms with van der Waals surface area (Å²) in [4.78, 5) is 4.34. The number of pyridine rings is 1. The quantitative estimate of drug-likeness (QED) is 0.576. The van der Waals surface area contributed by atoms with Crippen LogP contribution in [0.2, 0.25) is 0 Å². The molecule has 0 amide bonds. The van der Waals surface area contributed by atoms with Crippen LogP contribution in [-0.4, -0.2) is 23.2 Å². The molecule has 0 atom stereocenters. The summed E-state index contributed by atoms with van der Waals surface area (Å²) in [5, 5.41) is 7.27. The molecular formula is C20H25N3O2S. The van der Waals surface area contributed by atoms with Crippen molar-refractivity contribution < 1.29 is 9.47 Å².